The zero-order chi connectivity index (χ0) is 23.9. The average molecular weight is 453 g/mol. The third-order valence-corrected chi connectivity index (χ3v) is 5.67. The molecule has 10 heteroatoms. The van der Waals surface area contributed by atoms with E-state index in [1.54, 1.807) is 16.3 Å². The number of aliphatic hydroxyl groups excluding tert-OH is 1. The third-order valence-electron chi connectivity index (χ3n) is 5.67. The smallest absolute Gasteiger partial charge is 0.332 e. The van der Waals surface area contributed by atoms with Crippen LogP contribution < -0.4 is 16.0 Å². The summed E-state index contributed by atoms with van der Waals surface area (Å²) in [6, 6.07) is 9.59. The highest BCUT2D eigenvalue weighted by Crippen LogP contribution is 2.19. The third kappa shape index (κ3) is 4.09. The van der Waals surface area contributed by atoms with Crippen molar-refractivity contribution in [3.8, 4) is 11.7 Å². The van der Waals surface area contributed by atoms with Crippen LogP contribution in [0, 0.1) is 13.8 Å². The Bertz CT molecular complexity index is 1440. The summed E-state index contributed by atoms with van der Waals surface area (Å²) in [5.41, 5.74) is 2.22. The minimum absolute atomic E-state index is 0.0233. The summed E-state index contributed by atoms with van der Waals surface area (Å²) in [7, 11) is 2.98. The molecule has 0 unspecified atom stereocenters. The van der Waals surface area contributed by atoms with Gasteiger partial charge >= 0.3 is 5.69 Å². The highest BCUT2D eigenvalue weighted by atomic mass is 16.5. The Morgan fingerprint density at radius 3 is 2.55 bits per heavy atom. The second kappa shape index (κ2) is 8.70. The van der Waals surface area contributed by atoms with E-state index in [1.807, 2.05) is 44.2 Å². The highest BCUT2D eigenvalue weighted by molar-refractivity contribution is 5.72. The molecule has 1 atom stereocenters. The van der Waals surface area contributed by atoms with Crippen LogP contribution in [0.5, 0.6) is 5.75 Å². The van der Waals surface area contributed by atoms with Crippen LogP contribution in [0.4, 0.5) is 0 Å². The molecular formula is C23H28N6O4. The Hall–Kier alpha value is -3.66. The Labute approximate surface area is 190 Å². The molecule has 0 spiro atoms. The van der Waals surface area contributed by atoms with E-state index in [-0.39, 0.29) is 24.3 Å². The lowest BCUT2D eigenvalue weighted by Gasteiger charge is -2.16. The van der Waals surface area contributed by atoms with Gasteiger partial charge in [-0.3, -0.25) is 18.5 Å². The van der Waals surface area contributed by atoms with Crippen LogP contribution in [-0.4, -0.2) is 46.3 Å². The van der Waals surface area contributed by atoms with Crippen molar-refractivity contribution in [1.82, 2.24) is 28.5 Å². The summed E-state index contributed by atoms with van der Waals surface area (Å²) in [5, 5.41) is 15.3. The molecule has 10 nitrogen and oxygen atoms in total. The molecule has 0 radical (unpaired) electrons. The van der Waals surface area contributed by atoms with Gasteiger partial charge in [0, 0.05) is 19.8 Å². The van der Waals surface area contributed by atoms with E-state index >= 15 is 0 Å². The van der Waals surface area contributed by atoms with Crippen LogP contribution in [0.25, 0.3) is 17.1 Å². The van der Waals surface area contributed by atoms with Gasteiger partial charge in [0.1, 0.15) is 18.5 Å². The zero-order valence-corrected chi connectivity index (χ0v) is 19.4. The van der Waals surface area contributed by atoms with Gasteiger partial charge in [0.05, 0.1) is 12.2 Å². The number of nitrogens with zero attached hydrogens (tertiary/aromatic N) is 6. The predicted molar refractivity (Wildman–Crippen MR) is 124 cm³/mol. The van der Waals surface area contributed by atoms with Crippen LogP contribution in [0.15, 0.2) is 39.9 Å². The fourth-order valence-electron chi connectivity index (χ4n) is 3.91. The lowest BCUT2D eigenvalue weighted by molar-refractivity contribution is 0.0931. The molecule has 0 saturated heterocycles. The Morgan fingerprint density at radius 2 is 1.88 bits per heavy atom. The molecule has 0 aliphatic heterocycles. The van der Waals surface area contributed by atoms with Crippen molar-refractivity contribution in [1.29, 1.82) is 0 Å². The van der Waals surface area contributed by atoms with Gasteiger partial charge in [-0.1, -0.05) is 19.1 Å². The molecule has 33 heavy (non-hydrogen) atoms. The summed E-state index contributed by atoms with van der Waals surface area (Å²) in [5.74, 6) is 1.02. The molecule has 3 heterocycles. The number of imidazole rings is 1. The van der Waals surface area contributed by atoms with Crippen molar-refractivity contribution in [3.05, 3.63) is 68.1 Å². The van der Waals surface area contributed by atoms with Gasteiger partial charge in [0.2, 0.25) is 5.95 Å². The van der Waals surface area contributed by atoms with Crippen LogP contribution >= 0.6 is 0 Å². The maximum Gasteiger partial charge on any atom is 0.332 e. The van der Waals surface area contributed by atoms with Crippen LogP contribution in [0.2, 0.25) is 0 Å². The van der Waals surface area contributed by atoms with Crippen LogP contribution in [-0.2, 0) is 27.1 Å². The lowest BCUT2D eigenvalue weighted by Crippen LogP contribution is -2.38. The molecule has 4 rings (SSSR count). The Balaban J connectivity index is 1.76. The molecule has 0 amide bonds. The first kappa shape index (κ1) is 22.5. The first-order chi connectivity index (χ1) is 15.7. The van der Waals surface area contributed by atoms with E-state index in [0.29, 0.717) is 11.7 Å². The van der Waals surface area contributed by atoms with Crippen molar-refractivity contribution in [2.24, 2.45) is 14.1 Å². The maximum absolute atomic E-state index is 13.0. The first-order valence-corrected chi connectivity index (χ1v) is 10.8. The first-order valence-electron chi connectivity index (χ1n) is 10.8. The second-order valence-electron chi connectivity index (χ2n) is 8.21. The molecule has 4 aromatic rings. The van der Waals surface area contributed by atoms with Gasteiger partial charge in [0.15, 0.2) is 11.2 Å². The quantitative estimate of drug-likeness (QED) is 0.452. The number of aryl methyl sites for hydroxylation is 4. The number of ether oxygens (including phenoxy) is 1. The van der Waals surface area contributed by atoms with Crippen molar-refractivity contribution < 1.29 is 9.84 Å². The molecular weight excluding hydrogens is 424 g/mol. The summed E-state index contributed by atoms with van der Waals surface area (Å²) in [6.45, 7) is 5.85. The van der Waals surface area contributed by atoms with Crippen LogP contribution in [0.1, 0.15) is 23.9 Å². The van der Waals surface area contributed by atoms with Crippen molar-refractivity contribution in [2.45, 2.75) is 39.8 Å². The minimum atomic E-state index is -0.940. The number of aromatic nitrogens is 6. The van der Waals surface area contributed by atoms with E-state index in [1.165, 1.54) is 11.6 Å². The van der Waals surface area contributed by atoms with Gasteiger partial charge in [-0.05, 0) is 44.0 Å². The monoisotopic (exact) mass is 452 g/mol. The maximum atomic E-state index is 13.0. The number of benzene rings is 1. The molecule has 1 aromatic carbocycles. The summed E-state index contributed by atoms with van der Waals surface area (Å²) >= 11 is 0. The number of aliphatic hydroxyl groups is 1. The van der Waals surface area contributed by atoms with Gasteiger partial charge in [0.25, 0.3) is 5.56 Å². The van der Waals surface area contributed by atoms with Gasteiger partial charge in [-0.15, -0.1) is 0 Å². The Kier molecular flexibility index (Phi) is 5.94. The van der Waals surface area contributed by atoms with E-state index < -0.39 is 17.4 Å². The standard InChI is InChI=1S/C23H28N6O4/c1-6-16-8-7-9-18(11-16)33-13-17(30)12-28-19-20(26(4)23(32)27(5)21(19)31)24-22(28)29-15(3)10-14(2)25-29/h7-11,17,30H,6,12-13H2,1-5H3/t17-/m0/s1. The fourth-order valence-corrected chi connectivity index (χ4v) is 3.91. The molecule has 0 aliphatic carbocycles. The SMILES string of the molecule is CCc1cccc(OC[C@@H](O)Cn2c(-n3nc(C)cc3C)nc3c2c(=O)n(C)c(=O)n3C)c1. The fraction of sp³-hybridized carbons (Fsp3) is 0.391. The summed E-state index contributed by atoms with van der Waals surface area (Å²) in [6.07, 6.45) is -0.0558. The summed E-state index contributed by atoms with van der Waals surface area (Å²) < 4.78 is 11.4. The lowest BCUT2D eigenvalue weighted by atomic mass is 10.2. The van der Waals surface area contributed by atoms with E-state index in [2.05, 4.69) is 17.0 Å². The number of fused-ring (bicyclic) bond motifs is 1. The molecule has 0 bridgehead atoms. The zero-order valence-electron chi connectivity index (χ0n) is 19.4. The molecule has 0 aliphatic rings. The van der Waals surface area contributed by atoms with Crippen molar-refractivity contribution in [3.63, 3.8) is 0 Å². The largest absolute Gasteiger partial charge is 0.491 e. The second-order valence-corrected chi connectivity index (χ2v) is 8.21. The molecule has 0 saturated carbocycles. The Morgan fingerprint density at radius 1 is 1.12 bits per heavy atom. The normalized spacial score (nSPS) is 12.4. The highest BCUT2D eigenvalue weighted by Gasteiger charge is 2.23. The number of hydrogen-bond donors (Lipinski definition) is 1. The van der Waals surface area contributed by atoms with Gasteiger partial charge < -0.3 is 9.84 Å². The van der Waals surface area contributed by atoms with E-state index in [4.69, 9.17) is 4.74 Å². The van der Waals surface area contributed by atoms with Gasteiger partial charge in [-0.25, -0.2) is 9.48 Å². The summed E-state index contributed by atoms with van der Waals surface area (Å²) in [4.78, 5) is 30.1. The number of hydrogen-bond acceptors (Lipinski definition) is 6. The van der Waals surface area contributed by atoms with E-state index in [9.17, 15) is 14.7 Å². The van der Waals surface area contributed by atoms with Crippen LogP contribution in [0.3, 0.4) is 0 Å². The average Bonchev–Trinajstić information content (AvgIpc) is 3.33. The topological polar surface area (TPSA) is 109 Å². The van der Waals surface area contributed by atoms with Crippen molar-refractivity contribution in [2.75, 3.05) is 6.61 Å². The molecule has 3 aromatic heterocycles. The molecule has 0 fully saturated rings. The molecule has 174 valence electrons. The van der Waals surface area contributed by atoms with E-state index in [0.717, 1.165) is 27.9 Å². The predicted octanol–water partition coefficient (Wildman–Crippen LogP) is 1.24. The minimum Gasteiger partial charge on any atom is -0.491 e. The molecule has 1 N–H and O–H groups in total. The van der Waals surface area contributed by atoms with Crippen molar-refractivity contribution >= 4 is 11.2 Å². The van der Waals surface area contributed by atoms with Gasteiger partial charge in [-0.2, -0.15) is 10.1 Å². The number of rotatable bonds is 7.